The summed E-state index contributed by atoms with van der Waals surface area (Å²) in [6.45, 7) is 0. The Hall–Kier alpha value is -1.16. The minimum atomic E-state index is 0.905. The molecule has 0 unspecified atom stereocenters. The zero-order valence-electron chi connectivity index (χ0n) is 5.03. The molecule has 0 atom stereocenters. The van der Waals surface area contributed by atoms with Gasteiger partial charge in [0.25, 0.3) is 0 Å². The van der Waals surface area contributed by atoms with Gasteiger partial charge in [-0.05, 0) is 6.07 Å². The van der Waals surface area contributed by atoms with Crippen LogP contribution >= 0.6 is 11.3 Å². The molecular weight excluding hydrogens is 146 g/mol. The number of aromatic amines is 1. The monoisotopic (exact) mass is 150 g/mol. The molecule has 0 saturated heterocycles. The summed E-state index contributed by atoms with van der Waals surface area (Å²) in [5.41, 5.74) is 4.61. The van der Waals surface area contributed by atoms with Gasteiger partial charge in [-0.3, -0.25) is 5.10 Å². The molecule has 1 N–H and O–H groups in total. The van der Waals surface area contributed by atoms with Crippen LogP contribution in [0, 0.1) is 5.51 Å². The molecule has 49 valence electrons. The Labute approximate surface area is 61.7 Å². The maximum absolute atomic E-state index is 3.98. The van der Waals surface area contributed by atoms with Gasteiger partial charge < -0.3 is 0 Å². The fourth-order valence-electron chi connectivity index (χ4n) is 0.706. The lowest BCUT2D eigenvalue weighted by atomic mass is 10.3. The molecule has 2 aromatic heterocycles. The van der Waals surface area contributed by atoms with Crippen LogP contribution in [0.25, 0.3) is 11.4 Å². The number of nitrogens with zero attached hydrogens (tertiary/aromatic N) is 2. The average molecular weight is 150 g/mol. The highest BCUT2D eigenvalue weighted by Gasteiger charge is 1.98. The molecule has 0 aliphatic rings. The van der Waals surface area contributed by atoms with Crippen LogP contribution in [0.1, 0.15) is 0 Å². The number of hydrogen-bond donors (Lipinski definition) is 1. The summed E-state index contributed by atoms with van der Waals surface area (Å²) in [5, 5.41) is 8.54. The van der Waals surface area contributed by atoms with Crippen LogP contribution in [0.2, 0.25) is 0 Å². The lowest BCUT2D eigenvalue weighted by molar-refractivity contribution is 1.09. The van der Waals surface area contributed by atoms with E-state index < -0.39 is 0 Å². The van der Waals surface area contributed by atoms with E-state index in [4.69, 9.17) is 0 Å². The van der Waals surface area contributed by atoms with Gasteiger partial charge in [0.05, 0.1) is 11.4 Å². The van der Waals surface area contributed by atoms with E-state index in [9.17, 15) is 0 Å². The molecule has 4 heteroatoms. The summed E-state index contributed by atoms with van der Waals surface area (Å²) in [7, 11) is 0. The molecule has 2 rings (SSSR count). The molecule has 2 heterocycles. The van der Waals surface area contributed by atoms with Crippen LogP contribution in [0.15, 0.2) is 17.6 Å². The van der Waals surface area contributed by atoms with Crippen molar-refractivity contribution in [2.45, 2.75) is 0 Å². The highest BCUT2D eigenvalue weighted by molar-refractivity contribution is 7.07. The zero-order chi connectivity index (χ0) is 6.81. The highest BCUT2D eigenvalue weighted by Crippen LogP contribution is 2.13. The second kappa shape index (κ2) is 2.22. The summed E-state index contributed by atoms with van der Waals surface area (Å²) in [5.74, 6) is 0. The molecule has 3 nitrogen and oxygen atoms in total. The number of nitrogens with one attached hydrogen (secondary N) is 1. The Balaban J connectivity index is 2.48. The Morgan fingerprint density at radius 1 is 1.60 bits per heavy atom. The topological polar surface area (TPSA) is 41.6 Å². The van der Waals surface area contributed by atoms with Crippen LogP contribution in [0.4, 0.5) is 0 Å². The fraction of sp³-hybridized carbons (Fsp3) is 0. The van der Waals surface area contributed by atoms with Gasteiger partial charge in [-0.15, -0.1) is 11.3 Å². The van der Waals surface area contributed by atoms with E-state index in [1.165, 1.54) is 11.3 Å². The number of rotatable bonds is 1. The van der Waals surface area contributed by atoms with Crippen LogP contribution in [-0.2, 0) is 0 Å². The molecular formula is C6H4N3S. The normalized spacial score (nSPS) is 10.0. The van der Waals surface area contributed by atoms with Crippen LogP contribution in [0.5, 0.6) is 0 Å². The Morgan fingerprint density at radius 2 is 2.60 bits per heavy atom. The standard InChI is InChI=1S/C6H4N3S/c1-2-8-9-5(1)6-3-10-4-7-6/h1-3H,(H,8,9). The van der Waals surface area contributed by atoms with Gasteiger partial charge in [0.2, 0.25) is 0 Å². The third-order valence-corrected chi connectivity index (χ3v) is 1.70. The van der Waals surface area contributed by atoms with E-state index >= 15 is 0 Å². The van der Waals surface area contributed by atoms with E-state index in [1.54, 1.807) is 6.20 Å². The largest absolute Gasteiger partial charge is 0.276 e. The van der Waals surface area contributed by atoms with Crippen molar-refractivity contribution in [3.63, 3.8) is 0 Å². The van der Waals surface area contributed by atoms with Crippen molar-refractivity contribution >= 4 is 11.3 Å². The molecule has 0 amide bonds. The van der Waals surface area contributed by atoms with Gasteiger partial charge in [-0.25, -0.2) is 4.98 Å². The first-order chi connectivity index (χ1) is 4.97. The molecule has 1 radical (unpaired) electrons. The first-order valence-electron chi connectivity index (χ1n) is 2.78. The van der Waals surface area contributed by atoms with Gasteiger partial charge in [0.15, 0.2) is 5.51 Å². The van der Waals surface area contributed by atoms with Gasteiger partial charge in [0, 0.05) is 11.6 Å². The number of aromatic nitrogens is 3. The van der Waals surface area contributed by atoms with E-state index in [0.29, 0.717) is 0 Å². The van der Waals surface area contributed by atoms with Crippen molar-refractivity contribution in [3.8, 4) is 11.4 Å². The average Bonchev–Trinajstić information content (AvgIpc) is 2.59. The van der Waals surface area contributed by atoms with E-state index in [1.807, 2.05) is 11.4 Å². The summed E-state index contributed by atoms with van der Waals surface area (Å²) in [6, 6.07) is 1.88. The minimum absolute atomic E-state index is 0.905. The van der Waals surface area contributed by atoms with Crippen LogP contribution in [0.3, 0.4) is 0 Å². The number of hydrogen-bond acceptors (Lipinski definition) is 3. The Morgan fingerprint density at radius 3 is 3.20 bits per heavy atom. The third-order valence-electron chi connectivity index (χ3n) is 1.17. The van der Waals surface area contributed by atoms with Gasteiger partial charge in [-0.1, -0.05) is 0 Å². The van der Waals surface area contributed by atoms with Crippen molar-refractivity contribution in [1.82, 2.24) is 15.2 Å². The lowest BCUT2D eigenvalue weighted by Gasteiger charge is -1.84. The highest BCUT2D eigenvalue weighted by atomic mass is 32.1. The molecule has 0 aliphatic heterocycles. The first-order valence-corrected chi connectivity index (χ1v) is 3.66. The predicted molar refractivity (Wildman–Crippen MR) is 38.5 cm³/mol. The van der Waals surface area contributed by atoms with Gasteiger partial charge >= 0.3 is 0 Å². The predicted octanol–water partition coefficient (Wildman–Crippen LogP) is 1.33. The van der Waals surface area contributed by atoms with Crippen molar-refractivity contribution in [1.29, 1.82) is 0 Å². The molecule has 0 spiro atoms. The molecule has 10 heavy (non-hydrogen) atoms. The van der Waals surface area contributed by atoms with E-state index in [0.717, 1.165) is 11.4 Å². The first kappa shape index (κ1) is 5.61. The lowest BCUT2D eigenvalue weighted by Crippen LogP contribution is -1.75. The Kier molecular flexibility index (Phi) is 1.25. The van der Waals surface area contributed by atoms with Gasteiger partial charge in [0.1, 0.15) is 0 Å². The zero-order valence-corrected chi connectivity index (χ0v) is 5.85. The van der Waals surface area contributed by atoms with Crippen molar-refractivity contribution in [2.75, 3.05) is 0 Å². The van der Waals surface area contributed by atoms with Crippen molar-refractivity contribution in [2.24, 2.45) is 0 Å². The van der Waals surface area contributed by atoms with Crippen molar-refractivity contribution < 1.29 is 0 Å². The SMILES string of the molecule is [c]1nc(-c2ccn[nH]2)cs1. The fourth-order valence-corrected chi connectivity index (χ4v) is 1.20. The molecule has 0 aliphatic carbocycles. The number of thiazole rings is 1. The van der Waals surface area contributed by atoms with Gasteiger partial charge in [-0.2, -0.15) is 5.10 Å². The van der Waals surface area contributed by atoms with Crippen molar-refractivity contribution in [3.05, 3.63) is 23.2 Å². The Bertz CT molecular complexity index is 252. The molecule has 0 aromatic carbocycles. The molecule has 0 bridgehead atoms. The van der Waals surface area contributed by atoms with Crippen LogP contribution < -0.4 is 0 Å². The maximum atomic E-state index is 3.98. The molecule has 2 aromatic rings. The minimum Gasteiger partial charge on any atom is -0.276 e. The van der Waals surface area contributed by atoms with E-state index in [2.05, 4.69) is 20.7 Å². The smallest absolute Gasteiger partial charge is 0.152 e. The summed E-state index contributed by atoms with van der Waals surface area (Å²) in [6.07, 6.45) is 1.70. The second-order valence-corrected chi connectivity index (χ2v) is 2.45. The summed E-state index contributed by atoms with van der Waals surface area (Å²) in [4.78, 5) is 3.98. The summed E-state index contributed by atoms with van der Waals surface area (Å²) < 4.78 is 0. The maximum Gasteiger partial charge on any atom is 0.152 e. The van der Waals surface area contributed by atoms with Crippen LogP contribution in [-0.4, -0.2) is 15.2 Å². The number of H-pyrrole nitrogens is 1. The summed E-state index contributed by atoms with van der Waals surface area (Å²) >= 11 is 1.45. The molecule has 0 fully saturated rings. The third kappa shape index (κ3) is 0.823. The van der Waals surface area contributed by atoms with E-state index in [-0.39, 0.29) is 0 Å². The molecule has 0 saturated carbocycles. The quantitative estimate of drug-likeness (QED) is 0.666. The second-order valence-electron chi connectivity index (χ2n) is 1.79.